The maximum atomic E-state index is 12.4. The molecule has 1 aromatic rings. The summed E-state index contributed by atoms with van der Waals surface area (Å²) >= 11 is 0. The second kappa shape index (κ2) is 6.57. The Morgan fingerprint density at radius 3 is 2.19 bits per heavy atom. The molecule has 1 aromatic carbocycles. The number of benzene rings is 1. The van der Waals surface area contributed by atoms with Crippen LogP contribution in [-0.2, 0) is 27.2 Å². The summed E-state index contributed by atoms with van der Waals surface area (Å²) in [6.07, 6.45) is -3.50. The highest BCUT2D eigenvalue weighted by molar-refractivity contribution is 7.90. The van der Waals surface area contributed by atoms with E-state index >= 15 is 0 Å². The molecule has 1 rings (SSSR count). The number of halogens is 3. The first-order chi connectivity index (χ1) is 9.49. The van der Waals surface area contributed by atoms with Crippen molar-refractivity contribution in [2.75, 3.05) is 12.0 Å². The average molecular weight is 323 g/mol. The molecule has 0 saturated heterocycles. The van der Waals surface area contributed by atoms with Gasteiger partial charge in [-0.15, -0.1) is 0 Å². The topological polar surface area (TPSA) is 77.2 Å². The molecule has 0 fully saturated rings. The van der Waals surface area contributed by atoms with Gasteiger partial charge in [-0.1, -0.05) is 12.1 Å². The highest BCUT2D eigenvalue weighted by Crippen LogP contribution is 2.29. The van der Waals surface area contributed by atoms with Crippen molar-refractivity contribution in [2.45, 2.75) is 25.1 Å². The summed E-state index contributed by atoms with van der Waals surface area (Å²) in [6.45, 7) is 0. The molecule has 0 saturated carbocycles. The van der Waals surface area contributed by atoms with Crippen LogP contribution in [0.3, 0.4) is 0 Å². The Balaban J connectivity index is 2.62. The zero-order valence-corrected chi connectivity index (χ0v) is 12.2. The third-order valence-electron chi connectivity index (χ3n) is 2.87. The van der Waals surface area contributed by atoms with E-state index in [1.165, 1.54) is 12.1 Å². The second-order valence-corrected chi connectivity index (χ2v) is 7.12. The van der Waals surface area contributed by atoms with E-state index in [0.29, 0.717) is 5.56 Å². The quantitative estimate of drug-likeness (QED) is 0.862. The molecule has 0 aliphatic carbocycles. The number of sulfone groups is 1. The largest absolute Gasteiger partial charge is 0.416 e. The number of Topliss-reactive ketones (excluding diaryl/α,β-unsaturated/α-hetero) is 1. The molecule has 21 heavy (non-hydrogen) atoms. The van der Waals surface area contributed by atoms with E-state index in [-0.39, 0.29) is 18.6 Å². The van der Waals surface area contributed by atoms with Crippen molar-refractivity contribution in [2.24, 2.45) is 5.73 Å². The summed E-state index contributed by atoms with van der Waals surface area (Å²) < 4.78 is 59.1. The molecule has 2 N–H and O–H groups in total. The Kier molecular flexibility index (Phi) is 5.52. The summed E-state index contributed by atoms with van der Waals surface area (Å²) in [4.78, 5) is 11.8. The van der Waals surface area contributed by atoms with Crippen molar-refractivity contribution in [3.63, 3.8) is 0 Å². The van der Waals surface area contributed by atoms with Gasteiger partial charge in [0.15, 0.2) is 5.78 Å². The fourth-order valence-electron chi connectivity index (χ4n) is 1.65. The lowest BCUT2D eigenvalue weighted by atomic mass is 10.0. The number of ketones is 1. The van der Waals surface area contributed by atoms with Crippen molar-refractivity contribution in [1.29, 1.82) is 0 Å². The minimum absolute atomic E-state index is 0.00169. The number of carbonyl (C=O) groups excluding carboxylic acids is 1. The van der Waals surface area contributed by atoms with Gasteiger partial charge in [0.2, 0.25) is 0 Å². The Morgan fingerprint density at radius 2 is 1.76 bits per heavy atom. The van der Waals surface area contributed by atoms with Crippen LogP contribution in [0.4, 0.5) is 13.2 Å². The van der Waals surface area contributed by atoms with E-state index in [2.05, 4.69) is 0 Å². The maximum Gasteiger partial charge on any atom is 0.416 e. The lowest BCUT2D eigenvalue weighted by Gasteiger charge is -2.11. The molecule has 1 atom stereocenters. The van der Waals surface area contributed by atoms with Gasteiger partial charge in [0.05, 0.1) is 17.4 Å². The monoisotopic (exact) mass is 323 g/mol. The van der Waals surface area contributed by atoms with Gasteiger partial charge < -0.3 is 5.73 Å². The van der Waals surface area contributed by atoms with Crippen LogP contribution < -0.4 is 5.73 Å². The molecule has 4 nitrogen and oxygen atoms in total. The van der Waals surface area contributed by atoms with E-state index < -0.39 is 33.4 Å². The number of carbonyl (C=O) groups is 1. The molecule has 0 aromatic heterocycles. The minimum Gasteiger partial charge on any atom is -0.321 e. The fraction of sp³-hybridized carbons (Fsp3) is 0.462. The first kappa shape index (κ1) is 17.6. The molecular weight excluding hydrogens is 307 g/mol. The van der Waals surface area contributed by atoms with Crippen LogP contribution in [-0.4, -0.2) is 32.3 Å². The Hall–Kier alpha value is -1.41. The lowest BCUT2D eigenvalue weighted by Crippen LogP contribution is -2.33. The molecule has 0 bridgehead atoms. The van der Waals surface area contributed by atoms with Gasteiger partial charge in [-0.25, -0.2) is 8.42 Å². The molecule has 8 heteroatoms. The van der Waals surface area contributed by atoms with Gasteiger partial charge >= 0.3 is 6.18 Å². The number of hydrogen-bond donors (Lipinski definition) is 1. The summed E-state index contributed by atoms with van der Waals surface area (Å²) in [5.41, 5.74) is 5.19. The Bertz CT molecular complexity index is 594. The fourth-order valence-corrected chi connectivity index (χ4v) is 2.33. The Morgan fingerprint density at radius 1 is 1.24 bits per heavy atom. The molecule has 0 radical (unpaired) electrons. The standard InChI is InChI=1S/C13H16F3NO3S/c1-21(19,20)7-6-11(17)12(18)8-9-2-4-10(5-3-9)13(14,15)16/h2-5,11H,6-8,17H2,1H3. The third kappa shape index (κ3) is 6.26. The van der Waals surface area contributed by atoms with Crippen molar-refractivity contribution in [3.8, 4) is 0 Å². The van der Waals surface area contributed by atoms with Crippen molar-refractivity contribution in [3.05, 3.63) is 35.4 Å². The normalized spacial score (nSPS) is 14.0. The summed E-state index contributed by atoms with van der Waals surface area (Å²) in [6, 6.07) is 3.27. The van der Waals surface area contributed by atoms with Gasteiger partial charge in [-0.05, 0) is 24.1 Å². The number of rotatable bonds is 6. The number of hydrogen-bond acceptors (Lipinski definition) is 4. The van der Waals surface area contributed by atoms with Gasteiger partial charge in [0.1, 0.15) is 9.84 Å². The molecule has 0 spiro atoms. The predicted molar refractivity (Wildman–Crippen MR) is 72.5 cm³/mol. The average Bonchev–Trinajstić information content (AvgIpc) is 2.34. The molecule has 0 aliphatic rings. The minimum atomic E-state index is -4.42. The third-order valence-corrected chi connectivity index (χ3v) is 3.85. The second-order valence-electron chi connectivity index (χ2n) is 4.86. The van der Waals surface area contributed by atoms with Crippen molar-refractivity contribution >= 4 is 15.6 Å². The molecule has 1 unspecified atom stereocenters. The summed E-state index contributed by atoms with van der Waals surface area (Å²) in [5, 5.41) is 0. The molecule has 0 heterocycles. The van der Waals surface area contributed by atoms with E-state index in [9.17, 15) is 26.4 Å². The van der Waals surface area contributed by atoms with Crippen LogP contribution in [0.5, 0.6) is 0 Å². The SMILES string of the molecule is CS(=O)(=O)CCC(N)C(=O)Cc1ccc(C(F)(F)F)cc1. The van der Waals surface area contributed by atoms with Gasteiger partial charge in [0, 0.05) is 12.7 Å². The van der Waals surface area contributed by atoms with Crippen LogP contribution in [0.1, 0.15) is 17.5 Å². The Labute approximate surface area is 121 Å². The first-order valence-corrected chi connectivity index (χ1v) is 8.17. The highest BCUT2D eigenvalue weighted by atomic mass is 32.2. The van der Waals surface area contributed by atoms with Crippen LogP contribution >= 0.6 is 0 Å². The van der Waals surface area contributed by atoms with Gasteiger partial charge in [-0.3, -0.25) is 4.79 Å². The van der Waals surface area contributed by atoms with E-state index in [1.54, 1.807) is 0 Å². The van der Waals surface area contributed by atoms with Crippen LogP contribution in [0.2, 0.25) is 0 Å². The predicted octanol–water partition coefficient (Wildman–Crippen LogP) is 1.58. The van der Waals surface area contributed by atoms with Crippen molar-refractivity contribution < 1.29 is 26.4 Å². The van der Waals surface area contributed by atoms with Crippen LogP contribution in [0.25, 0.3) is 0 Å². The van der Waals surface area contributed by atoms with E-state index in [1.807, 2.05) is 0 Å². The van der Waals surface area contributed by atoms with Gasteiger partial charge in [-0.2, -0.15) is 13.2 Å². The maximum absolute atomic E-state index is 12.4. The number of nitrogens with two attached hydrogens (primary N) is 1. The molecule has 0 aliphatic heterocycles. The zero-order valence-electron chi connectivity index (χ0n) is 11.4. The summed E-state index contributed by atoms with van der Waals surface area (Å²) in [5.74, 6) is -0.606. The summed E-state index contributed by atoms with van der Waals surface area (Å²) in [7, 11) is -3.20. The lowest BCUT2D eigenvalue weighted by molar-refractivity contribution is -0.137. The van der Waals surface area contributed by atoms with Crippen LogP contribution in [0.15, 0.2) is 24.3 Å². The molecular formula is C13H16F3NO3S. The smallest absolute Gasteiger partial charge is 0.321 e. The van der Waals surface area contributed by atoms with Gasteiger partial charge in [0.25, 0.3) is 0 Å². The zero-order chi connectivity index (χ0) is 16.3. The molecule has 118 valence electrons. The number of alkyl halides is 3. The van der Waals surface area contributed by atoms with E-state index in [4.69, 9.17) is 5.73 Å². The molecule has 0 amide bonds. The first-order valence-electron chi connectivity index (χ1n) is 6.11. The van der Waals surface area contributed by atoms with Crippen LogP contribution in [0, 0.1) is 0 Å². The van der Waals surface area contributed by atoms with E-state index in [0.717, 1.165) is 18.4 Å². The highest BCUT2D eigenvalue weighted by Gasteiger charge is 2.30. The van der Waals surface area contributed by atoms with Crippen molar-refractivity contribution in [1.82, 2.24) is 0 Å².